The van der Waals surface area contributed by atoms with Crippen molar-refractivity contribution in [3.8, 4) is 0 Å². The Bertz CT molecular complexity index is 508. The molecule has 2 N–H and O–H groups in total. The van der Waals surface area contributed by atoms with Crippen LogP contribution in [0.1, 0.15) is 18.4 Å². The van der Waals surface area contributed by atoms with Gasteiger partial charge in [-0.15, -0.1) is 12.4 Å². The zero-order chi connectivity index (χ0) is 16.5. The maximum atomic E-state index is 13.5. The van der Waals surface area contributed by atoms with Gasteiger partial charge in [0.15, 0.2) is 0 Å². The summed E-state index contributed by atoms with van der Waals surface area (Å²) in [5.74, 6) is 1.29. The lowest BCUT2D eigenvalue weighted by Crippen LogP contribution is -2.50. The molecular formula is C17H26ClFN2O2S. The number of carbonyl (C=O) groups is 1. The van der Waals surface area contributed by atoms with Crippen LogP contribution in [0.2, 0.25) is 0 Å². The van der Waals surface area contributed by atoms with Gasteiger partial charge >= 0.3 is 0 Å². The molecule has 0 radical (unpaired) electrons. The first-order chi connectivity index (χ1) is 11.2. The number of benzene rings is 1. The Labute approximate surface area is 153 Å². The van der Waals surface area contributed by atoms with Crippen LogP contribution in [0.5, 0.6) is 0 Å². The summed E-state index contributed by atoms with van der Waals surface area (Å²) in [6, 6.07) is 6.80. The van der Waals surface area contributed by atoms with Gasteiger partial charge in [0.1, 0.15) is 5.82 Å². The topological polar surface area (TPSA) is 50.4 Å². The van der Waals surface area contributed by atoms with Crippen LogP contribution in [0.3, 0.4) is 0 Å². The summed E-state index contributed by atoms with van der Waals surface area (Å²) < 4.78 is 18.8. The van der Waals surface area contributed by atoms with Gasteiger partial charge in [-0.1, -0.05) is 18.2 Å². The van der Waals surface area contributed by atoms with Gasteiger partial charge < -0.3 is 15.4 Å². The Hall–Kier alpha value is -0.820. The van der Waals surface area contributed by atoms with Crippen LogP contribution in [0.25, 0.3) is 0 Å². The first-order valence-corrected chi connectivity index (χ1v) is 9.12. The number of methoxy groups -OCH3 is 1. The summed E-state index contributed by atoms with van der Waals surface area (Å²) in [4.78, 5) is 12.5. The molecule has 0 aromatic heterocycles. The molecule has 0 atom stereocenters. The van der Waals surface area contributed by atoms with Crippen LogP contribution in [-0.2, 0) is 15.3 Å². The van der Waals surface area contributed by atoms with E-state index >= 15 is 0 Å². The van der Waals surface area contributed by atoms with E-state index in [0.29, 0.717) is 24.5 Å². The normalized spacial score (nSPS) is 16.2. The Morgan fingerprint density at radius 3 is 2.75 bits per heavy atom. The van der Waals surface area contributed by atoms with Crippen molar-refractivity contribution in [1.29, 1.82) is 0 Å². The number of ether oxygens (including phenoxy) is 1. The SMILES string of the molecule is COCC1(C(=O)NCCSCc2ccccc2F)CCNCC1.Cl. The van der Waals surface area contributed by atoms with Crippen molar-refractivity contribution in [2.24, 2.45) is 5.41 Å². The fourth-order valence-electron chi connectivity index (χ4n) is 2.84. The Kier molecular flexibility index (Phi) is 9.66. The van der Waals surface area contributed by atoms with Gasteiger partial charge in [0.25, 0.3) is 0 Å². The van der Waals surface area contributed by atoms with Gasteiger partial charge in [-0.2, -0.15) is 11.8 Å². The molecule has 1 amide bonds. The second kappa shape index (κ2) is 10.9. The van der Waals surface area contributed by atoms with E-state index in [4.69, 9.17) is 4.74 Å². The van der Waals surface area contributed by atoms with Gasteiger partial charge in [-0.25, -0.2) is 4.39 Å². The van der Waals surface area contributed by atoms with Crippen molar-refractivity contribution < 1.29 is 13.9 Å². The van der Waals surface area contributed by atoms with Gasteiger partial charge in [0, 0.05) is 25.2 Å². The van der Waals surface area contributed by atoms with E-state index in [2.05, 4.69) is 10.6 Å². The molecule has 0 spiro atoms. The molecule has 2 rings (SSSR count). The van der Waals surface area contributed by atoms with Crippen LogP contribution in [0, 0.1) is 11.2 Å². The molecule has 1 aromatic rings. The number of carbonyl (C=O) groups excluding carboxylic acids is 1. The molecule has 1 aliphatic heterocycles. The van der Waals surface area contributed by atoms with E-state index in [1.165, 1.54) is 6.07 Å². The van der Waals surface area contributed by atoms with Gasteiger partial charge in [-0.05, 0) is 37.6 Å². The lowest BCUT2D eigenvalue weighted by atomic mass is 9.78. The van der Waals surface area contributed by atoms with E-state index in [-0.39, 0.29) is 24.1 Å². The smallest absolute Gasteiger partial charge is 0.228 e. The Morgan fingerprint density at radius 1 is 1.38 bits per heavy atom. The lowest BCUT2D eigenvalue weighted by molar-refractivity contribution is -0.136. The number of rotatable bonds is 8. The summed E-state index contributed by atoms with van der Waals surface area (Å²) in [6.07, 6.45) is 1.60. The quantitative estimate of drug-likeness (QED) is 0.685. The van der Waals surface area contributed by atoms with Crippen LogP contribution < -0.4 is 10.6 Å². The van der Waals surface area contributed by atoms with Crippen molar-refractivity contribution >= 4 is 30.1 Å². The molecule has 1 saturated heterocycles. The summed E-state index contributed by atoms with van der Waals surface area (Å²) >= 11 is 1.62. The van der Waals surface area contributed by atoms with Crippen molar-refractivity contribution in [2.45, 2.75) is 18.6 Å². The van der Waals surface area contributed by atoms with Gasteiger partial charge in [0.2, 0.25) is 5.91 Å². The highest BCUT2D eigenvalue weighted by molar-refractivity contribution is 7.98. The molecule has 0 bridgehead atoms. The fraction of sp³-hybridized carbons (Fsp3) is 0.588. The minimum atomic E-state index is -0.407. The van der Waals surface area contributed by atoms with E-state index < -0.39 is 5.41 Å². The molecule has 24 heavy (non-hydrogen) atoms. The zero-order valence-electron chi connectivity index (χ0n) is 14.0. The first-order valence-electron chi connectivity index (χ1n) is 7.97. The molecule has 1 aromatic carbocycles. The predicted molar refractivity (Wildman–Crippen MR) is 99.2 cm³/mol. The van der Waals surface area contributed by atoms with Gasteiger partial charge in [0.05, 0.1) is 12.0 Å². The highest BCUT2D eigenvalue weighted by Gasteiger charge is 2.39. The Balaban J connectivity index is 0.00000288. The maximum absolute atomic E-state index is 13.5. The number of amides is 1. The molecule has 1 aliphatic rings. The molecule has 0 saturated carbocycles. The molecule has 0 unspecified atom stereocenters. The van der Waals surface area contributed by atoms with Crippen molar-refractivity contribution in [3.63, 3.8) is 0 Å². The van der Waals surface area contributed by atoms with Crippen LogP contribution in [0.15, 0.2) is 24.3 Å². The highest BCUT2D eigenvalue weighted by atomic mass is 35.5. The lowest BCUT2D eigenvalue weighted by Gasteiger charge is -2.35. The standard InChI is InChI=1S/C17H25FN2O2S.ClH/c1-22-13-17(6-8-19-9-7-17)16(21)20-10-11-23-12-14-4-2-3-5-15(14)18;/h2-5,19H,6-13H2,1H3,(H,20,21);1H. The monoisotopic (exact) mass is 376 g/mol. The Morgan fingerprint density at radius 2 is 2.08 bits per heavy atom. The second-order valence-electron chi connectivity index (χ2n) is 5.86. The van der Waals surface area contributed by atoms with Crippen LogP contribution in [0.4, 0.5) is 4.39 Å². The minimum absolute atomic E-state index is 0. The zero-order valence-corrected chi connectivity index (χ0v) is 15.6. The van der Waals surface area contributed by atoms with E-state index in [1.807, 2.05) is 6.07 Å². The molecule has 136 valence electrons. The number of halogens is 2. The number of thioether (sulfide) groups is 1. The largest absolute Gasteiger partial charge is 0.384 e. The third kappa shape index (κ3) is 5.92. The third-order valence-electron chi connectivity index (χ3n) is 4.21. The van der Waals surface area contributed by atoms with E-state index in [1.54, 1.807) is 31.0 Å². The molecule has 0 aliphatic carbocycles. The third-order valence-corrected chi connectivity index (χ3v) is 5.22. The number of hydrogen-bond donors (Lipinski definition) is 2. The maximum Gasteiger partial charge on any atom is 0.228 e. The molecule has 1 fully saturated rings. The average molecular weight is 377 g/mol. The highest BCUT2D eigenvalue weighted by Crippen LogP contribution is 2.29. The van der Waals surface area contributed by atoms with Crippen LogP contribution >= 0.6 is 24.2 Å². The summed E-state index contributed by atoms with van der Waals surface area (Å²) in [5.41, 5.74) is 0.300. The van der Waals surface area contributed by atoms with E-state index in [9.17, 15) is 9.18 Å². The number of hydrogen-bond acceptors (Lipinski definition) is 4. The predicted octanol–water partition coefficient (Wildman–Crippen LogP) is 2.61. The number of piperidine rings is 1. The minimum Gasteiger partial charge on any atom is -0.384 e. The van der Waals surface area contributed by atoms with Gasteiger partial charge in [-0.3, -0.25) is 4.79 Å². The average Bonchev–Trinajstić information content (AvgIpc) is 2.57. The van der Waals surface area contributed by atoms with Crippen LogP contribution in [-0.4, -0.2) is 45.0 Å². The molecule has 1 heterocycles. The summed E-state index contributed by atoms with van der Waals surface area (Å²) in [5, 5.41) is 6.30. The molecule has 4 nitrogen and oxygen atoms in total. The van der Waals surface area contributed by atoms with Crippen molar-refractivity contribution in [3.05, 3.63) is 35.6 Å². The first kappa shape index (κ1) is 21.2. The molecule has 7 heteroatoms. The molecular weight excluding hydrogens is 351 g/mol. The van der Waals surface area contributed by atoms with Crippen molar-refractivity contribution in [1.82, 2.24) is 10.6 Å². The number of nitrogens with one attached hydrogen (secondary N) is 2. The summed E-state index contributed by atoms with van der Waals surface area (Å²) in [7, 11) is 1.64. The second-order valence-corrected chi connectivity index (χ2v) is 6.97. The van der Waals surface area contributed by atoms with E-state index in [0.717, 1.165) is 31.7 Å². The fourth-order valence-corrected chi connectivity index (χ4v) is 3.69. The summed E-state index contributed by atoms with van der Waals surface area (Å²) in [6.45, 7) is 2.75. The van der Waals surface area contributed by atoms with Crippen molar-refractivity contribution in [2.75, 3.05) is 39.1 Å².